The van der Waals surface area contributed by atoms with E-state index in [9.17, 15) is 18.4 Å². The van der Waals surface area contributed by atoms with Gasteiger partial charge in [-0.15, -0.1) is 0 Å². The van der Waals surface area contributed by atoms with Gasteiger partial charge in [0.2, 0.25) is 5.91 Å². The maximum absolute atomic E-state index is 12.1. The van der Waals surface area contributed by atoms with Crippen molar-refractivity contribution in [1.29, 1.82) is 0 Å². The lowest BCUT2D eigenvalue weighted by Crippen LogP contribution is -2.36. The molecule has 2 N–H and O–H groups in total. The van der Waals surface area contributed by atoms with E-state index in [0.29, 0.717) is 6.54 Å². The van der Waals surface area contributed by atoms with Gasteiger partial charge in [-0.25, -0.2) is 0 Å². The molecule has 0 aliphatic rings. The molecular formula is C14H18F2N2O3. The first-order chi connectivity index (χ1) is 9.90. The third-order valence-electron chi connectivity index (χ3n) is 2.56. The molecule has 5 nitrogen and oxygen atoms in total. The summed E-state index contributed by atoms with van der Waals surface area (Å²) in [6, 6.07) is 5.51. The zero-order valence-electron chi connectivity index (χ0n) is 11.9. The van der Waals surface area contributed by atoms with Gasteiger partial charge >= 0.3 is 6.61 Å². The van der Waals surface area contributed by atoms with E-state index in [1.54, 1.807) is 13.8 Å². The SMILES string of the molecule is CC(C)C(=O)NCCNC(=O)c1cccc(OC(F)F)c1. The van der Waals surface area contributed by atoms with Gasteiger partial charge in [-0.3, -0.25) is 9.59 Å². The summed E-state index contributed by atoms with van der Waals surface area (Å²) in [6.45, 7) is 1.15. The summed E-state index contributed by atoms with van der Waals surface area (Å²) in [4.78, 5) is 23.1. The Labute approximate surface area is 121 Å². The minimum Gasteiger partial charge on any atom is -0.435 e. The van der Waals surface area contributed by atoms with Gasteiger partial charge in [0, 0.05) is 24.6 Å². The highest BCUT2D eigenvalue weighted by atomic mass is 19.3. The van der Waals surface area contributed by atoms with Crippen molar-refractivity contribution in [3.63, 3.8) is 0 Å². The van der Waals surface area contributed by atoms with Crippen LogP contribution in [0.25, 0.3) is 0 Å². The van der Waals surface area contributed by atoms with Gasteiger partial charge in [0.15, 0.2) is 0 Å². The molecule has 0 bridgehead atoms. The summed E-state index contributed by atoms with van der Waals surface area (Å²) < 4.78 is 28.4. The lowest BCUT2D eigenvalue weighted by molar-refractivity contribution is -0.123. The van der Waals surface area contributed by atoms with Crippen molar-refractivity contribution in [2.75, 3.05) is 13.1 Å². The number of halogens is 2. The highest BCUT2D eigenvalue weighted by Crippen LogP contribution is 2.15. The van der Waals surface area contributed by atoms with Crippen LogP contribution < -0.4 is 15.4 Å². The third kappa shape index (κ3) is 6.20. The maximum atomic E-state index is 12.1. The molecule has 0 atom stereocenters. The monoisotopic (exact) mass is 300 g/mol. The molecule has 0 radical (unpaired) electrons. The van der Waals surface area contributed by atoms with Crippen LogP contribution in [0.15, 0.2) is 24.3 Å². The molecule has 0 fully saturated rings. The van der Waals surface area contributed by atoms with Crippen LogP contribution in [0.3, 0.4) is 0 Å². The summed E-state index contributed by atoms with van der Waals surface area (Å²) in [5, 5.41) is 5.23. The summed E-state index contributed by atoms with van der Waals surface area (Å²) in [6.07, 6.45) is 0. The minimum absolute atomic E-state index is 0.0780. The zero-order chi connectivity index (χ0) is 15.8. The normalized spacial score (nSPS) is 10.6. The number of amides is 2. The molecule has 0 aliphatic heterocycles. The number of hydrogen-bond acceptors (Lipinski definition) is 3. The van der Waals surface area contributed by atoms with Crippen LogP contribution in [-0.2, 0) is 4.79 Å². The summed E-state index contributed by atoms with van der Waals surface area (Å²) in [7, 11) is 0. The first kappa shape index (κ1) is 16.9. The number of rotatable bonds is 7. The van der Waals surface area contributed by atoms with E-state index in [2.05, 4.69) is 15.4 Å². The molecule has 1 rings (SSSR count). The molecule has 2 amide bonds. The molecule has 0 saturated heterocycles. The number of benzene rings is 1. The largest absolute Gasteiger partial charge is 0.435 e. The minimum atomic E-state index is -2.94. The summed E-state index contributed by atoms with van der Waals surface area (Å²) >= 11 is 0. The van der Waals surface area contributed by atoms with E-state index in [4.69, 9.17) is 0 Å². The van der Waals surface area contributed by atoms with Crippen LogP contribution in [0.2, 0.25) is 0 Å². The van der Waals surface area contributed by atoms with E-state index in [1.165, 1.54) is 24.3 Å². The number of carbonyl (C=O) groups is 2. The van der Waals surface area contributed by atoms with Crippen molar-refractivity contribution in [3.05, 3.63) is 29.8 Å². The molecule has 116 valence electrons. The second kappa shape index (κ2) is 8.18. The summed E-state index contributed by atoms with van der Waals surface area (Å²) in [5.74, 6) is -0.722. The molecule has 1 aromatic carbocycles. The Bertz CT molecular complexity index is 493. The van der Waals surface area contributed by atoms with Crippen LogP contribution >= 0.6 is 0 Å². The fourth-order valence-corrected chi connectivity index (χ4v) is 1.48. The standard InChI is InChI=1S/C14H18F2N2O3/c1-9(2)12(19)17-6-7-18-13(20)10-4-3-5-11(8-10)21-14(15)16/h3-5,8-9,14H,6-7H2,1-2H3,(H,17,19)(H,18,20). The number of ether oxygens (including phenoxy) is 1. The Morgan fingerprint density at radius 1 is 1.19 bits per heavy atom. The second-order valence-corrected chi connectivity index (χ2v) is 4.61. The van der Waals surface area contributed by atoms with E-state index in [0.717, 1.165) is 0 Å². The van der Waals surface area contributed by atoms with Crippen molar-refractivity contribution in [1.82, 2.24) is 10.6 Å². The topological polar surface area (TPSA) is 67.4 Å². The zero-order valence-corrected chi connectivity index (χ0v) is 11.9. The molecule has 0 saturated carbocycles. The molecule has 0 aliphatic carbocycles. The van der Waals surface area contributed by atoms with E-state index in [-0.39, 0.29) is 29.7 Å². The molecule has 0 aromatic heterocycles. The number of hydrogen-bond donors (Lipinski definition) is 2. The Balaban J connectivity index is 2.43. The van der Waals surface area contributed by atoms with Crippen molar-refractivity contribution in [2.45, 2.75) is 20.5 Å². The van der Waals surface area contributed by atoms with Crippen LogP contribution in [0.4, 0.5) is 8.78 Å². The van der Waals surface area contributed by atoms with Crippen molar-refractivity contribution < 1.29 is 23.1 Å². The first-order valence-electron chi connectivity index (χ1n) is 6.51. The van der Waals surface area contributed by atoms with Gasteiger partial charge < -0.3 is 15.4 Å². The van der Waals surface area contributed by atoms with Crippen LogP contribution in [-0.4, -0.2) is 31.5 Å². The number of nitrogens with one attached hydrogen (secondary N) is 2. The van der Waals surface area contributed by atoms with Crippen molar-refractivity contribution in [3.8, 4) is 5.75 Å². The first-order valence-corrected chi connectivity index (χ1v) is 6.51. The van der Waals surface area contributed by atoms with Gasteiger partial charge in [0.05, 0.1) is 0 Å². The summed E-state index contributed by atoms with van der Waals surface area (Å²) in [5.41, 5.74) is 0.211. The van der Waals surface area contributed by atoms with E-state index >= 15 is 0 Å². The van der Waals surface area contributed by atoms with Crippen molar-refractivity contribution in [2.24, 2.45) is 5.92 Å². The molecule has 1 aromatic rings. The van der Waals surface area contributed by atoms with Crippen LogP contribution in [0.5, 0.6) is 5.75 Å². The lowest BCUT2D eigenvalue weighted by Gasteiger charge is -2.09. The fourth-order valence-electron chi connectivity index (χ4n) is 1.48. The van der Waals surface area contributed by atoms with Crippen LogP contribution in [0, 0.1) is 5.92 Å². The smallest absolute Gasteiger partial charge is 0.387 e. The average Bonchev–Trinajstić information content (AvgIpc) is 2.42. The van der Waals surface area contributed by atoms with Gasteiger partial charge in [-0.2, -0.15) is 8.78 Å². The molecule has 21 heavy (non-hydrogen) atoms. The van der Waals surface area contributed by atoms with E-state index < -0.39 is 12.5 Å². The predicted molar refractivity (Wildman–Crippen MR) is 73.3 cm³/mol. The number of alkyl halides is 2. The van der Waals surface area contributed by atoms with Crippen LogP contribution in [0.1, 0.15) is 24.2 Å². The number of carbonyl (C=O) groups excluding carboxylic acids is 2. The predicted octanol–water partition coefficient (Wildman–Crippen LogP) is 1.79. The Morgan fingerprint density at radius 2 is 1.86 bits per heavy atom. The lowest BCUT2D eigenvalue weighted by atomic mass is 10.2. The van der Waals surface area contributed by atoms with Gasteiger partial charge in [-0.1, -0.05) is 19.9 Å². The van der Waals surface area contributed by atoms with Gasteiger partial charge in [0.1, 0.15) is 5.75 Å². The Morgan fingerprint density at radius 3 is 2.48 bits per heavy atom. The van der Waals surface area contributed by atoms with Gasteiger partial charge in [0.25, 0.3) is 5.91 Å². The molecule has 0 heterocycles. The molecule has 7 heteroatoms. The highest BCUT2D eigenvalue weighted by molar-refractivity contribution is 5.94. The van der Waals surface area contributed by atoms with E-state index in [1.807, 2.05) is 0 Å². The second-order valence-electron chi connectivity index (χ2n) is 4.61. The molecule has 0 unspecified atom stereocenters. The van der Waals surface area contributed by atoms with Gasteiger partial charge in [-0.05, 0) is 18.2 Å². The molecule has 0 spiro atoms. The Kier molecular flexibility index (Phi) is 6.58. The quantitative estimate of drug-likeness (QED) is 0.754. The fraction of sp³-hybridized carbons (Fsp3) is 0.429. The highest BCUT2D eigenvalue weighted by Gasteiger charge is 2.10. The maximum Gasteiger partial charge on any atom is 0.387 e. The third-order valence-corrected chi connectivity index (χ3v) is 2.56. The van der Waals surface area contributed by atoms with Crippen molar-refractivity contribution >= 4 is 11.8 Å². The average molecular weight is 300 g/mol. The molecular weight excluding hydrogens is 282 g/mol. The Hall–Kier alpha value is -2.18.